The van der Waals surface area contributed by atoms with Crippen LogP contribution in [0, 0.1) is 0 Å². The van der Waals surface area contributed by atoms with E-state index in [-0.39, 0.29) is 18.6 Å². The number of anilines is 1. The molecule has 0 amide bonds. The normalized spacial score (nSPS) is 19.6. The summed E-state index contributed by atoms with van der Waals surface area (Å²) in [5.74, 6) is 2.73. The van der Waals surface area contributed by atoms with Crippen LogP contribution in [0.5, 0.6) is 11.5 Å². The van der Waals surface area contributed by atoms with Crippen molar-refractivity contribution in [1.29, 1.82) is 0 Å². The van der Waals surface area contributed by atoms with Gasteiger partial charge in [-0.2, -0.15) is 4.98 Å². The Morgan fingerprint density at radius 3 is 2.97 bits per heavy atom. The van der Waals surface area contributed by atoms with Crippen molar-refractivity contribution in [2.24, 2.45) is 0 Å². The van der Waals surface area contributed by atoms with Gasteiger partial charge in [-0.05, 0) is 42.7 Å². The maximum Gasteiger partial charge on any atom is 0.231 e. The number of pyridine rings is 1. The van der Waals surface area contributed by atoms with E-state index in [1.807, 2.05) is 30.3 Å². The van der Waals surface area contributed by atoms with Crippen molar-refractivity contribution in [2.75, 3.05) is 12.1 Å². The Balaban J connectivity index is 1.53. The summed E-state index contributed by atoms with van der Waals surface area (Å²) in [6.45, 7) is 0.206. The topological polar surface area (TPSA) is 91.2 Å². The van der Waals surface area contributed by atoms with Gasteiger partial charge < -0.3 is 14.8 Å². The van der Waals surface area contributed by atoms with E-state index in [1.165, 1.54) is 0 Å². The summed E-state index contributed by atoms with van der Waals surface area (Å²) in [6, 6.07) is 9.19. The molecule has 0 saturated heterocycles. The smallest absolute Gasteiger partial charge is 0.231 e. The van der Waals surface area contributed by atoms with Gasteiger partial charge in [-0.15, -0.1) is 5.10 Å². The lowest BCUT2D eigenvalue weighted by atomic mass is 9.85. The van der Waals surface area contributed by atoms with Gasteiger partial charge in [0.2, 0.25) is 12.7 Å². The first-order valence-corrected chi connectivity index (χ1v) is 9.58. The fraction of sp³-hybridized carbons (Fsp3) is 0.238. The number of hydrogen-bond donors (Lipinski definition) is 1. The molecule has 8 heteroatoms. The Hall–Kier alpha value is -3.68. The van der Waals surface area contributed by atoms with Gasteiger partial charge in [0, 0.05) is 35.6 Å². The van der Waals surface area contributed by atoms with Crippen molar-refractivity contribution in [3.05, 3.63) is 59.6 Å². The quantitative estimate of drug-likeness (QED) is 0.722. The second-order valence-corrected chi connectivity index (χ2v) is 7.25. The third kappa shape index (κ3) is 2.52. The van der Waals surface area contributed by atoms with Crippen LogP contribution in [-0.4, -0.2) is 32.3 Å². The average molecular weight is 387 g/mol. The zero-order valence-corrected chi connectivity index (χ0v) is 15.5. The van der Waals surface area contributed by atoms with Crippen LogP contribution in [0.3, 0.4) is 0 Å². The highest BCUT2D eigenvalue weighted by Crippen LogP contribution is 2.43. The summed E-state index contributed by atoms with van der Waals surface area (Å²) in [5, 5.41) is 8.09. The van der Waals surface area contributed by atoms with Gasteiger partial charge in [0.25, 0.3) is 0 Å². The third-order valence-corrected chi connectivity index (χ3v) is 5.50. The molecule has 0 saturated carbocycles. The van der Waals surface area contributed by atoms with Crippen molar-refractivity contribution in [1.82, 2.24) is 19.7 Å². The molecule has 8 nitrogen and oxygen atoms in total. The van der Waals surface area contributed by atoms with Gasteiger partial charge in [-0.25, -0.2) is 4.68 Å². The van der Waals surface area contributed by atoms with E-state index in [0.29, 0.717) is 29.7 Å². The molecule has 0 bridgehead atoms. The highest BCUT2D eigenvalue weighted by molar-refractivity contribution is 5.99. The summed E-state index contributed by atoms with van der Waals surface area (Å²) < 4.78 is 12.8. The lowest BCUT2D eigenvalue weighted by Gasteiger charge is -2.32. The van der Waals surface area contributed by atoms with Crippen LogP contribution >= 0.6 is 0 Å². The van der Waals surface area contributed by atoms with E-state index in [1.54, 1.807) is 17.1 Å². The molecule has 29 heavy (non-hydrogen) atoms. The van der Waals surface area contributed by atoms with Crippen LogP contribution in [0.15, 0.2) is 54.0 Å². The van der Waals surface area contributed by atoms with Crippen LogP contribution in [0.2, 0.25) is 0 Å². The molecule has 1 unspecified atom stereocenters. The number of ketones is 1. The maximum absolute atomic E-state index is 12.9. The molecule has 144 valence electrons. The van der Waals surface area contributed by atoms with Crippen LogP contribution in [0.1, 0.15) is 30.9 Å². The molecule has 2 aromatic heterocycles. The number of nitrogens with zero attached hydrogens (tertiary/aromatic N) is 4. The number of carbonyl (C=O) groups excluding carboxylic acids is 1. The number of ether oxygens (including phenoxy) is 2. The van der Waals surface area contributed by atoms with E-state index in [4.69, 9.17) is 14.6 Å². The number of benzene rings is 1. The molecule has 1 aliphatic carbocycles. The molecule has 2 aliphatic heterocycles. The second-order valence-electron chi connectivity index (χ2n) is 7.25. The summed E-state index contributed by atoms with van der Waals surface area (Å²) in [7, 11) is 0. The summed E-state index contributed by atoms with van der Waals surface area (Å²) in [6.07, 6.45) is 5.64. The van der Waals surface area contributed by atoms with E-state index >= 15 is 0 Å². The van der Waals surface area contributed by atoms with Gasteiger partial charge in [-0.3, -0.25) is 9.78 Å². The molecule has 6 rings (SSSR count). The van der Waals surface area contributed by atoms with Crippen LogP contribution in [0.4, 0.5) is 5.95 Å². The second kappa shape index (κ2) is 6.16. The maximum atomic E-state index is 12.9. The number of carbonyl (C=O) groups is 1. The van der Waals surface area contributed by atoms with Crippen molar-refractivity contribution in [3.63, 3.8) is 0 Å². The predicted octanol–water partition coefficient (Wildman–Crippen LogP) is 3.09. The van der Waals surface area contributed by atoms with E-state index in [9.17, 15) is 4.79 Å². The molecule has 3 aliphatic rings. The predicted molar refractivity (Wildman–Crippen MR) is 103 cm³/mol. The number of fused-ring (bicyclic) bond motifs is 2. The fourth-order valence-corrected chi connectivity index (χ4v) is 4.16. The minimum absolute atomic E-state index is 0.144. The van der Waals surface area contributed by atoms with Crippen molar-refractivity contribution < 1.29 is 14.3 Å². The van der Waals surface area contributed by atoms with Crippen molar-refractivity contribution in [2.45, 2.75) is 25.3 Å². The minimum Gasteiger partial charge on any atom is -0.454 e. The van der Waals surface area contributed by atoms with E-state index < -0.39 is 0 Å². The molecule has 3 aromatic rings. The molecule has 0 spiro atoms. The van der Waals surface area contributed by atoms with Crippen molar-refractivity contribution in [3.8, 4) is 22.9 Å². The molecule has 1 atom stereocenters. The third-order valence-electron chi connectivity index (χ3n) is 5.50. The number of aromatic nitrogens is 4. The van der Waals surface area contributed by atoms with Gasteiger partial charge in [0.15, 0.2) is 23.1 Å². The first-order chi connectivity index (χ1) is 14.3. The standard InChI is InChI=1S/C21H17N5O3/c27-15-5-1-4-14-18(15)19(12-6-7-16-17(9-12)29-11-28-16)26-21(23-14)24-20(25-26)13-3-2-8-22-10-13/h2-3,6-10,19H,1,4-5,11H2,(H,23,24,25). The molecular weight excluding hydrogens is 370 g/mol. The average Bonchev–Trinajstić information content (AvgIpc) is 3.39. The Kier molecular flexibility index (Phi) is 3.46. The van der Waals surface area contributed by atoms with E-state index in [0.717, 1.165) is 35.2 Å². The Morgan fingerprint density at radius 1 is 1.14 bits per heavy atom. The van der Waals surface area contributed by atoms with Gasteiger partial charge in [0.1, 0.15) is 6.04 Å². The first kappa shape index (κ1) is 16.3. The number of Topliss-reactive ketones (excluding diaryl/α,β-unsaturated/α-hetero) is 1. The zero-order valence-electron chi connectivity index (χ0n) is 15.5. The fourth-order valence-electron chi connectivity index (χ4n) is 4.16. The molecule has 1 N–H and O–H groups in total. The molecule has 4 heterocycles. The van der Waals surface area contributed by atoms with Gasteiger partial charge in [0.05, 0.1) is 0 Å². The number of nitrogens with one attached hydrogen (secondary N) is 1. The highest BCUT2D eigenvalue weighted by atomic mass is 16.7. The number of rotatable bonds is 2. The SMILES string of the molecule is O=C1CCCC2=C1C(c1ccc3c(c1)OCO3)n1nc(-c3cccnc3)nc1N2. The number of allylic oxidation sites excluding steroid dienone is 2. The minimum atomic E-state index is -0.360. The highest BCUT2D eigenvalue weighted by Gasteiger charge is 2.37. The molecule has 1 aromatic carbocycles. The van der Waals surface area contributed by atoms with Gasteiger partial charge in [-0.1, -0.05) is 6.07 Å². The molecule has 0 fully saturated rings. The zero-order chi connectivity index (χ0) is 19.4. The van der Waals surface area contributed by atoms with Crippen LogP contribution in [0.25, 0.3) is 11.4 Å². The Bertz CT molecular complexity index is 1170. The van der Waals surface area contributed by atoms with E-state index in [2.05, 4.69) is 15.3 Å². The van der Waals surface area contributed by atoms with Crippen molar-refractivity contribution >= 4 is 11.7 Å². The summed E-state index contributed by atoms with van der Waals surface area (Å²) >= 11 is 0. The lowest BCUT2D eigenvalue weighted by Crippen LogP contribution is -2.31. The Labute approximate surface area is 166 Å². The van der Waals surface area contributed by atoms with Crippen LogP contribution in [-0.2, 0) is 4.79 Å². The Morgan fingerprint density at radius 2 is 2.07 bits per heavy atom. The number of hydrogen-bond acceptors (Lipinski definition) is 7. The first-order valence-electron chi connectivity index (χ1n) is 9.58. The summed E-state index contributed by atoms with van der Waals surface area (Å²) in [5.41, 5.74) is 3.43. The lowest BCUT2D eigenvalue weighted by molar-refractivity contribution is -0.116. The molecule has 0 radical (unpaired) electrons. The molecular formula is C21H17N5O3. The summed E-state index contributed by atoms with van der Waals surface area (Å²) in [4.78, 5) is 21.8. The largest absolute Gasteiger partial charge is 0.454 e. The monoisotopic (exact) mass is 387 g/mol. The van der Waals surface area contributed by atoms with Crippen LogP contribution < -0.4 is 14.8 Å². The van der Waals surface area contributed by atoms with Gasteiger partial charge >= 0.3 is 0 Å².